The maximum Gasteiger partial charge on any atom is 0.234 e. The monoisotopic (exact) mass is 425 g/mol. The Kier molecular flexibility index (Phi) is 5.15. The summed E-state index contributed by atoms with van der Waals surface area (Å²) in [6, 6.07) is 15.0. The Morgan fingerprint density at radius 1 is 1.07 bits per heavy atom. The van der Waals surface area contributed by atoms with Gasteiger partial charge in [-0.3, -0.25) is 4.40 Å². The van der Waals surface area contributed by atoms with E-state index in [1.807, 2.05) is 54.8 Å². The Labute approximate surface area is 174 Å². The van der Waals surface area contributed by atoms with Crippen LogP contribution in [0.25, 0.3) is 28.3 Å². The number of hydrogen-bond acceptors (Lipinski definition) is 4. The molecule has 0 aliphatic rings. The van der Waals surface area contributed by atoms with Crippen molar-refractivity contribution in [1.82, 2.24) is 14.4 Å². The van der Waals surface area contributed by atoms with Crippen LogP contribution in [0.5, 0.6) is 0 Å². The van der Waals surface area contributed by atoms with E-state index in [0.717, 1.165) is 22.4 Å². The second-order valence-corrected chi connectivity index (χ2v) is 9.41. The van der Waals surface area contributed by atoms with E-state index in [9.17, 15) is 8.42 Å². The number of aryl methyl sites for hydroxylation is 1. The van der Waals surface area contributed by atoms with E-state index >= 15 is 0 Å². The van der Waals surface area contributed by atoms with Crippen LogP contribution in [-0.4, -0.2) is 28.5 Å². The predicted molar refractivity (Wildman–Crippen MR) is 116 cm³/mol. The Morgan fingerprint density at radius 2 is 1.79 bits per heavy atom. The van der Waals surface area contributed by atoms with Gasteiger partial charge in [0.1, 0.15) is 0 Å². The van der Waals surface area contributed by atoms with Crippen molar-refractivity contribution in [3.63, 3.8) is 0 Å². The van der Waals surface area contributed by atoms with Crippen LogP contribution in [0.3, 0.4) is 0 Å². The second kappa shape index (κ2) is 7.61. The van der Waals surface area contributed by atoms with Crippen molar-refractivity contribution in [3.05, 3.63) is 71.5 Å². The standard InChI is InChI=1S/C22H20ClN3O2S/c1-3-13-29(27,28)19-10-9-17(14-18(19)23)20-21(16-7-5-15(2)6-8-16)26-12-4-11-24-22(26)25-20/h4-12,14H,3,13H2,1-2H3. The zero-order chi connectivity index (χ0) is 20.6. The Bertz CT molecular complexity index is 1300. The smallest absolute Gasteiger partial charge is 0.234 e. The first-order valence-corrected chi connectivity index (χ1v) is 11.4. The molecule has 0 bridgehead atoms. The highest BCUT2D eigenvalue weighted by Gasteiger charge is 2.21. The molecule has 0 spiro atoms. The van der Waals surface area contributed by atoms with Crippen molar-refractivity contribution in [2.75, 3.05) is 5.75 Å². The van der Waals surface area contributed by atoms with Crippen molar-refractivity contribution in [3.8, 4) is 22.5 Å². The number of nitrogens with zero attached hydrogens (tertiary/aromatic N) is 3. The van der Waals surface area contributed by atoms with Crippen molar-refractivity contribution in [1.29, 1.82) is 0 Å². The SMILES string of the molecule is CCCS(=O)(=O)c1ccc(-c2nc3ncccn3c2-c2ccc(C)cc2)cc1Cl. The summed E-state index contributed by atoms with van der Waals surface area (Å²) in [7, 11) is -3.40. The minimum atomic E-state index is -3.40. The van der Waals surface area contributed by atoms with E-state index in [-0.39, 0.29) is 15.7 Å². The van der Waals surface area contributed by atoms with E-state index in [4.69, 9.17) is 16.6 Å². The number of aromatic nitrogens is 3. The van der Waals surface area contributed by atoms with Crippen LogP contribution in [-0.2, 0) is 9.84 Å². The summed E-state index contributed by atoms with van der Waals surface area (Å²) in [6.45, 7) is 3.87. The summed E-state index contributed by atoms with van der Waals surface area (Å²) in [6.07, 6.45) is 4.14. The number of halogens is 1. The zero-order valence-electron chi connectivity index (χ0n) is 16.1. The average molecular weight is 426 g/mol. The van der Waals surface area contributed by atoms with Gasteiger partial charge in [0, 0.05) is 23.5 Å². The molecule has 0 aliphatic carbocycles. The topological polar surface area (TPSA) is 64.3 Å². The Balaban J connectivity index is 1.92. The second-order valence-electron chi connectivity index (χ2n) is 6.93. The summed E-state index contributed by atoms with van der Waals surface area (Å²) >= 11 is 6.39. The van der Waals surface area contributed by atoms with E-state index < -0.39 is 9.84 Å². The zero-order valence-corrected chi connectivity index (χ0v) is 17.7. The molecule has 2 heterocycles. The molecule has 0 unspecified atom stereocenters. The lowest BCUT2D eigenvalue weighted by molar-refractivity contribution is 0.595. The molecular formula is C22H20ClN3O2S. The first-order chi connectivity index (χ1) is 13.9. The van der Waals surface area contributed by atoms with Gasteiger partial charge in [0.2, 0.25) is 5.78 Å². The third-order valence-corrected chi connectivity index (χ3v) is 7.14. The number of rotatable bonds is 5. The van der Waals surface area contributed by atoms with Crippen LogP contribution < -0.4 is 0 Å². The molecule has 4 rings (SSSR count). The molecule has 29 heavy (non-hydrogen) atoms. The van der Waals surface area contributed by atoms with E-state index in [2.05, 4.69) is 4.98 Å². The lowest BCUT2D eigenvalue weighted by Gasteiger charge is -2.09. The lowest BCUT2D eigenvalue weighted by atomic mass is 10.0. The van der Waals surface area contributed by atoms with E-state index in [1.54, 1.807) is 24.4 Å². The molecule has 2 aromatic heterocycles. The van der Waals surface area contributed by atoms with Gasteiger partial charge in [-0.25, -0.2) is 18.4 Å². The van der Waals surface area contributed by atoms with Gasteiger partial charge >= 0.3 is 0 Å². The number of fused-ring (bicyclic) bond motifs is 1. The summed E-state index contributed by atoms with van der Waals surface area (Å²) in [5, 5.41) is 0.204. The number of imidazole rings is 1. The molecule has 0 N–H and O–H groups in total. The fourth-order valence-corrected chi connectivity index (χ4v) is 5.28. The Morgan fingerprint density at radius 3 is 2.48 bits per heavy atom. The average Bonchev–Trinajstić information content (AvgIpc) is 3.08. The third-order valence-electron chi connectivity index (χ3n) is 4.74. The molecule has 0 amide bonds. The highest BCUT2D eigenvalue weighted by atomic mass is 35.5. The van der Waals surface area contributed by atoms with Crippen LogP contribution in [0.15, 0.2) is 65.8 Å². The molecule has 2 aromatic carbocycles. The van der Waals surface area contributed by atoms with Crippen LogP contribution in [0.4, 0.5) is 0 Å². The van der Waals surface area contributed by atoms with E-state index in [1.165, 1.54) is 0 Å². The Hall–Kier alpha value is -2.70. The van der Waals surface area contributed by atoms with Crippen LogP contribution >= 0.6 is 11.6 Å². The lowest BCUT2D eigenvalue weighted by Crippen LogP contribution is -2.06. The largest absolute Gasteiger partial charge is 0.283 e. The number of hydrogen-bond donors (Lipinski definition) is 0. The summed E-state index contributed by atoms with van der Waals surface area (Å²) in [5.41, 5.74) is 4.48. The minimum absolute atomic E-state index is 0.0684. The predicted octanol–water partition coefficient (Wildman–Crippen LogP) is 5.21. The quantitative estimate of drug-likeness (QED) is 0.440. The number of sulfone groups is 1. The molecule has 0 aliphatic heterocycles. The van der Waals surface area contributed by atoms with Gasteiger partial charge in [0.05, 0.1) is 27.1 Å². The van der Waals surface area contributed by atoms with Gasteiger partial charge in [0.25, 0.3) is 0 Å². The molecule has 0 atom stereocenters. The van der Waals surface area contributed by atoms with Gasteiger partial charge in [-0.05, 0) is 31.5 Å². The first kappa shape index (κ1) is 19.6. The van der Waals surface area contributed by atoms with Crippen LogP contribution in [0, 0.1) is 6.92 Å². The highest BCUT2D eigenvalue weighted by molar-refractivity contribution is 7.91. The fraction of sp³-hybridized carbons (Fsp3) is 0.182. The van der Waals surface area contributed by atoms with Crippen molar-refractivity contribution < 1.29 is 8.42 Å². The van der Waals surface area contributed by atoms with Gasteiger partial charge in [-0.2, -0.15) is 0 Å². The molecule has 0 radical (unpaired) electrons. The van der Waals surface area contributed by atoms with Crippen LogP contribution in [0.2, 0.25) is 5.02 Å². The van der Waals surface area contributed by atoms with Gasteiger partial charge in [-0.1, -0.05) is 54.4 Å². The molecule has 7 heteroatoms. The molecule has 0 saturated heterocycles. The van der Waals surface area contributed by atoms with Gasteiger partial charge in [0.15, 0.2) is 9.84 Å². The molecule has 148 valence electrons. The molecule has 4 aromatic rings. The molecule has 5 nitrogen and oxygen atoms in total. The van der Waals surface area contributed by atoms with Gasteiger partial charge in [-0.15, -0.1) is 0 Å². The maximum atomic E-state index is 12.4. The van der Waals surface area contributed by atoms with Crippen molar-refractivity contribution in [2.45, 2.75) is 25.2 Å². The summed E-state index contributed by atoms with van der Waals surface area (Å²) in [5.74, 6) is 0.635. The van der Waals surface area contributed by atoms with E-state index in [0.29, 0.717) is 17.9 Å². The van der Waals surface area contributed by atoms with Crippen LogP contribution in [0.1, 0.15) is 18.9 Å². The molecule has 0 saturated carbocycles. The third kappa shape index (κ3) is 3.66. The highest BCUT2D eigenvalue weighted by Crippen LogP contribution is 2.35. The summed E-state index contributed by atoms with van der Waals surface area (Å²) < 4.78 is 26.8. The minimum Gasteiger partial charge on any atom is -0.283 e. The fourth-order valence-electron chi connectivity index (χ4n) is 3.35. The summed E-state index contributed by atoms with van der Waals surface area (Å²) in [4.78, 5) is 9.21. The molecular weight excluding hydrogens is 406 g/mol. The van der Waals surface area contributed by atoms with Crippen molar-refractivity contribution >= 4 is 27.2 Å². The van der Waals surface area contributed by atoms with Crippen molar-refractivity contribution in [2.24, 2.45) is 0 Å². The van der Waals surface area contributed by atoms with Gasteiger partial charge < -0.3 is 0 Å². The maximum absolute atomic E-state index is 12.4. The molecule has 0 fully saturated rings. The number of benzene rings is 2. The first-order valence-electron chi connectivity index (χ1n) is 9.33. The normalized spacial score (nSPS) is 11.8.